The first-order valence-electron chi connectivity index (χ1n) is 2.85. The first kappa shape index (κ1) is 9.18. The van der Waals surface area contributed by atoms with E-state index in [1.165, 1.54) is 0 Å². The van der Waals surface area contributed by atoms with Crippen LogP contribution in [0.4, 0.5) is 13.2 Å². The van der Waals surface area contributed by atoms with Gasteiger partial charge < -0.3 is 0 Å². The Balaban J connectivity index is 3.43. The zero-order chi connectivity index (χ0) is 9.52. The normalized spacial score (nSPS) is 12.1. The van der Waals surface area contributed by atoms with Gasteiger partial charge >= 0.3 is 6.18 Å². The van der Waals surface area contributed by atoms with Crippen molar-refractivity contribution in [2.45, 2.75) is 6.18 Å². The summed E-state index contributed by atoms with van der Waals surface area (Å²) < 4.78 is 36.7. The predicted octanol–water partition coefficient (Wildman–Crippen LogP) is 1.39. The Bertz CT molecular complexity index is 351. The van der Waals surface area contributed by atoms with Crippen LogP contribution in [0.25, 0.3) is 0 Å². The van der Waals surface area contributed by atoms with E-state index in [0.29, 0.717) is 4.68 Å². The summed E-state index contributed by atoms with van der Waals surface area (Å²) in [5, 5.41) is 1.06. The lowest BCUT2D eigenvalue weighted by atomic mass is 10.4. The molecule has 1 rings (SSSR count). The summed E-state index contributed by atoms with van der Waals surface area (Å²) in [6, 6.07) is 0. The molecule has 12 heavy (non-hydrogen) atoms. The van der Waals surface area contributed by atoms with Crippen molar-refractivity contribution in [3.8, 4) is 0 Å². The number of hydrogen-bond donors (Lipinski definition) is 1. The number of aryl methyl sites for hydroxylation is 1. The van der Waals surface area contributed by atoms with Gasteiger partial charge in [-0.3, -0.25) is 14.6 Å². The van der Waals surface area contributed by atoms with E-state index in [1.807, 2.05) is 5.10 Å². The summed E-state index contributed by atoms with van der Waals surface area (Å²) in [7, 11) is 1.07. The summed E-state index contributed by atoms with van der Waals surface area (Å²) in [5.74, 6) is 0. The lowest BCUT2D eigenvalue weighted by Gasteiger charge is -2.06. The smallest absolute Gasteiger partial charge is 0.282 e. The van der Waals surface area contributed by atoms with Crippen LogP contribution in [0.3, 0.4) is 0 Å². The van der Waals surface area contributed by atoms with Gasteiger partial charge in [0.25, 0.3) is 5.56 Å². The molecule has 0 aliphatic rings. The van der Waals surface area contributed by atoms with E-state index < -0.39 is 22.5 Å². The molecule has 0 atom stereocenters. The highest BCUT2D eigenvalue weighted by atomic mass is 35.5. The first-order valence-corrected chi connectivity index (χ1v) is 3.23. The molecule has 0 radical (unpaired) electrons. The van der Waals surface area contributed by atoms with Crippen LogP contribution in [0, 0.1) is 0 Å². The summed E-state index contributed by atoms with van der Waals surface area (Å²) in [6.45, 7) is 0. The van der Waals surface area contributed by atoms with Crippen LogP contribution in [-0.2, 0) is 13.2 Å². The lowest BCUT2D eigenvalue weighted by molar-refractivity contribution is -0.143. The van der Waals surface area contributed by atoms with Crippen LogP contribution in [-0.4, -0.2) is 9.78 Å². The van der Waals surface area contributed by atoms with Crippen molar-refractivity contribution in [2.24, 2.45) is 7.05 Å². The quantitative estimate of drug-likeness (QED) is 0.675. The van der Waals surface area contributed by atoms with Crippen LogP contribution >= 0.6 is 11.6 Å². The minimum absolute atomic E-state index is 0.546. The average molecular weight is 201 g/mol. The molecule has 0 aliphatic heterocycles. The van der Waals surface area contributed by atoms with E-state index in [0.717, 1.165) is 7.05 Å². The molecule has 68 valence electrons. The number of alkyl halides is 3. The molecule has 1 aromatic heterocycles. The van der Waals surface area contributed by atoms with Gasteiger partial charge in [-0.1, -0.05) is 11.6 Å². The number of hydrogen-bond acceptors (Lipinski definition) is 1. The molecule has 0 unspecified atom stereocenters. The first-order chi connectivity index (χ1) is 5.34. The van der Waals surface area contributed by atoms with Gasteiger partial charge in [0.2, 0.25) is 0 Å². The molecule has 0 saturated carbocycles. The number of nitrogens with zero attached hydrogens (tertiary/aromatic N) is 1. The Morgan fingerprint density at radius 1 is 1.50 bits per heavy atom. The van der Waals surface area contributed by atoms with Crippen molar-refractivity contribution >= 4 is 11.6 Å². The van der Waals surface area contributed by atoms with Gasteiger partial charge in [0.15, 0.2) is 5.69 Å². The highest BCUT2D eigenvalue weighted by Crippen LogP contribution is 2.31. The van der Waals surface area contributed by atoms with Gasteiger partial charge in [-0.2, -0.15) is 13.2 Å². The topological polar surface area (TPSA) is 37.8 Å². The second-order valence-corrected chi connectivity index (χ2v) is 2.54. The minimum Gasteiger partial charge on any atom is -0.282 e. The molecule has 0 bridgehead atoms. The van der Waals surface area contributed by atoms with Gasteiger partial charge in [-0.05, 0) is 0 Å². The Morgan fingerprint density at radius 3 is 2.17 bits per heavy atom. The van der Waals surface area contributed by atoms with Crippen LogP contribution < -0.4 is 5.56 Å². The molecular formula is C5H4ClF3N2O. The largest absolute Gasteiger partial charge is 0.434 e. The van der Waals surface area contributed by atoms with Crippen molar-refractivity contribution in [1.29, 1.82) is 0 Å². The van der Waals surface area contributed by atoms with Crippen molar-refractivity contribution in [1.82, 2.24) is 9.78 Å². The number of H-pyrrole nitrogens is 1. The zero-order valence-corrected chi connectivity index (χ0v) is 6.62. The Hall–Kier alpha value is -0.910. The summed E-state index contributed by atoms with van der Waals surface area (Å²) in [4.78, 5) is 10.6. The molecular weight excluding hydrogens is 197 g/mol. The molecule has 0 saturated heterocycles. The standard InChI is InChI=1S/C5H4ClF3N2O/c1-11-3(5(7,8)9)2(6)4(12)10-11/h1H3,(H,10,12). The maximum atomic E-state index is 12.1. The van der Waals surface area contributed by atoms with Crippen LogP contribution in [0.1, 0.15) is 5.69 Å². The fourth-order valence-corrected chi connectivity index (χ4v) is 1.10. The molecule has 0 aromatic carbocycles. The SMILES string of the molecule is Cn1[nH]c(=O)c(Cl)c1C(F)(F)F. The summed E-state index contributed by atoms with van der Waals surface area (Å²) >= 11 is 5.11. The molecule has 7 heteroatoms. The van der Waals surface area contributed by atoms with Crippen LogP contribution in [0.15, 0.2) is 4.79 Å². The molecule has 0 aliphatic carbocycles. The Morgan fingerprint density at radius 2 is 2.00 bits per heavy atom. The maximum Gasteiger partial charge on any atom is 0.434 e. The van der Waals surface area contributed by atoms with E-state index >= 15 is 0 Å². The van der Waals surface area contributed by atoms with Crippen LogP contribution in [0.5, 0.6) is 0 Å². The molecule has 0 spiro atoms. The van der Waals surface area contributed by atoms with Crippen molar-refractivity contribution in [3.05, 3.63) is 21.1 Å². The molecule has 1 N–H and O–H groups in total. The number of nitrogens with one attached hydrogen (secondary N) is 1. The van der Waals surface area contributed by atoms with Crippen molar-refractivity contribution in [2.75, 3.05) is 0 Å². The minimum atomic E-state index is -4.61. The van der Waals surface area contributed by atoms with Gasteiger partial charge in [-0.25, -0.2) is 0 Å². The lowest BCUT2D eigenvalue weighted by Crippen LogP contribution is -2.12. The fraction of sp³-hybridized carbons (Fsp3) is 0.400. The summed E-state index contributed by atoms with van der Waals surface area (Å²) in [6.07, 6.45) is -4.61. The maximum absolute atomic E-state index is 12.1. The molecule has 3 nitrogen and oxygen atoms in total. The van der Waals surface area contributed by atoms with Gasteiger partial charge in [0.1, 0.15) is 5.02 Å². The third-order valence-electron chi connectivity index (χ3n) is 1.28. The van der Waals surface area contributed by atoms with Crippen molar-refractivity contribution in [3.63, 3.8) is 0 Å². The number of halogens is 4. The second-order valence-electron chi connectivity index (χ2n) is 2.16. The molecule has 0 fully saturated rings. The number of aromatic nitrogens is 2. The third-order valence-corrected chi connectivity index (χ3v) is 1.63. The van der Waals surface area contributed by atoms with Crippen LogP contribution in [0.2, 0.25) is 5.02 Å². The summed E-state index contributed by atoms with van der Waals surface area (Å²) in [5.41, 5.74) is -2.10. The fourth-order valence-electron chi connectivity index (χ4n) is 0.827. The predicted molar refractivity (Wildman–Crippen MR) is 36.0 cm³/mol. The third kappa shape index (κ3) is 1.34. The highest BCUT2D eigenvalue weighted by Gasteiger charge is 2.38. The van der Waals surface area contributed by atoms with E-state index in [-0.39, 0.29) is 0 Å². The van der Waals surface area contributed by atoms with Gasteiger partial charge in [-0.15, -0.1) is 0 Å². The number of rotatable bonds is 0. The van der Waals surface area contributed by atoms with E-state index in [4.69, 9.17) is 11.6 Å². The molecule has 1 heterocycles. The van der Waals surface area contributed by atoms with Crippen molar-refractivity contribution < 1.29 is 13.2 Å². The molecule has 1 aromatic rings. The molecule has 0 amide bonds. The van der Waals surface area contributed by atoms with E-state index in [9.17, 15) is 18.0 Å². The Kier molecular flexibility index (Phi) is 1.95. The Labute approximate surface area is 69.7 Å². The average Bonchev–Trinajstić information content (AvgIpc) is 2.05. The monoisotopic (exact) mass is 200 g/mol. The van der Waals surface area contributed by atoms with Gasteiger partial charge in [0.05, 0.1) is 0 Å². The van der Waals surface area contributed by atoms with E-state index in [2.05, 4.69) is 0 Å². The number of aromatic amines is 1. The zero-order valence-electron chi connectivity index (χ0n) is 5.87. The van der Waals surface area contributed by atoms with Gasteiger partial charge in [0, 0.05) is 7.05 Å². The highest BCUT2D eigenvalue weighted by molar-refractivity contribution is 6.31. The second kappa shape index (κ2) is 2.55. The van der Waals surface area contributed by atoms with E-state index in [1.54, 1.807) is 0 Å².